The van der Waals surface area contributed by atoms with Crippen LogP contribution in [-0.2, 0) is 20.8 Å². The molecule has 2 amide bonds. The van der Waals surface area contributed by atoms with Crippen molar-refractivity contribution in [2.45, 2.75) is 44.9 Å². The molecule has 7 nitrogen and oxygen atoms in total. The van der Waals surface area contributed by atoms with Crippen molar-refractivity contribution in [1.29, 1.82) is 0 Å². The van der Waals surface area contributed by atoms with E-state index in [-0.39, 0.29) is 24.5 Å². The molecule has 0 spiro atoms. The Kier molecular flexibility index (Phi) is 7.22. The van der Waals surface area contributed by atoms with E-state index in [1.54, 1.807) is 49.6 Å². The molecule has 1 aliphatic heterocycles. The lowest BCUT2D eigenvalue weighted by Crippen LogP contribution is -2.33. The van der Waals surface area contributed by atoms with E-state index in [0.29, 0.717) is 23.6 Å². The number of rotatable bonds is 8. The first kappa shape index (κ1) is 20.1. The van der Waals surface area contributed by atoms with Gasteiger partial charge in [-0.2, -0.15) is 0 Å². The molecule has 0 aliphatic carbocycles. The second kappa shape index (κ2) is 10.1. The third-order valence-electron chi connectivity index (χ3n) is 4.61. The van der Waals surface area contributed by atoms with Gasteiger partial charge in [0, 0.05) is 6.61 Å². The van der Waals surface area contributed by atoms with Gasteiger partial charge in [-0.1, -0.05) is 12.1 Å². The molecular weight excluding hydrogens is 360 g/mol. The first-order valence-corrected chi connectivity index (χ1v) is 9.57. The normalized spacial score (nSPS) is 17.7. The Morgan fingerprint density at radius 1 is 1.21 bits per heavy atom. The summed E-state index contributed by atoms with van der Waals surface area (Å²) in [6.07, 6.45) is 4.09. The monoisotopic (exact) mass is 386 g/mol. The predicted molar refractivity (Wildman–Crippen MR) is 104 cm³/mol. The minimum absolute atomic E-state index is 0.0451. The van der Waals surface area contributed by atoms with Crippen molar-refractivity contribution in [3.8, 4) is 0 Å². The fourth-order valence-corrected chi connectivity index (χ4v) is 2.97. The number of benzene rings is 1. The fourth-order valence-electron chi connectivity index (χ4n) is 2.97. The summed E-state index contributed by atoms with van der Waals surface area (Å²) in [5.41, 5.74) is 0.819. The fraction of sp³-hybridized carbons (Fsp3) is 0.429. The van der Waals surface area contributed by atoms with Crippen LogP contribution in [-0.4, -0.2) is 37.2 Å². The quantitative estimate of drug-likeness (QED) is 0.728. The number of amides is 2. The molecule has 2 atom stereocenters. The molecule has 0 bridgehead atoms. The molecule has 2 heterocycles. The molecule has 1 aliphatic rings. The van der Waals surface area contributed by atoms with Gasteiger partial charge in [0.1, 0.15) is 11.9 Å². The maximum absolute atomic E-state index is 12.5. The molecule has 2 unspecified atom stereocenters. The average molecular weight is 386 g/mol. The van der Waals surface area contributed by atoms with Crippen molar-refractivity contribution < 1.29 is 23.5 Å². The van der Waals surface area contributed by atoms with Crippen molar-refractivity contribution in [2.24, 2.45) is 0 Å². The molecule has 1 fully saturated rings. The van der Waals surface area contributed by atoms with Gasteiger partial charge in [0.2, 0.25) is 0 Å². The van der Waals surface area contributed by atoms with Crippen LogP contribution in [0.2, 0.25) is 0 Å². The summed E-state index contributed by atoms with van der Waals surface area (Å²) in [5, 5.41) is 5.56. The summed E-state index contributed by atoms with van der Waals surface area (Å²) in [6.45, 7) is 3.10. The van der Waals surface area contributed by atoms with Crippen LogP contribution in [0.1, 0.15) is 42.3 Å². The highest BCUT2D eigenvalue weighted by molar-refractivity contribution is 6.04. The van der Waals surface area contributed by atoms with Gasteiger partial charge in [0.15, 0.2) is 0 Å². The van der Waals surface area contributed by atoms with Gasteiger partial charge in [0.05, 0.1) is 36.8 Å². The van der Waals surface area contributed by atoms with Crippen molar-refractivity contribution in [1.82, 2.24) is 5.32 Å². The van der Waals surface area contributed by atoms with Crippen LogP contribution >= 0.6 is 0 Å². The largest absolute Gasteiger partial charge is 0.467 e. The predicted octanol–water partition coefficient (Wildman–Crippen LogP) is 3.12. The van der Waals surface area contributed by atoms with Crippen molar-refractivity contribution in [2.75, 3.05) is 18.5 Å². The second-order valence-electron chi connectivity index (χ2n) is 6.76. The third kappa shape index (κ3) is 5.68. The zero-order chi connectivity index (χ0) is 19.8. The molecule has 1 saturated heterocycles. The number of carbonyl (C=O) groups excluding carboxylic acids is 2. The minimum Gasteiger partial charge on any atom is -0.467 e. The summed E-state index contributed by atoms with van der Waals surface area (Å²) in [7, 11) is 0. The number of anilines is 1. The lowest BCUT2D eigenvalue weighted by atomic mass is 10.1. The molecule has 2 aromatic rings. The molecule has 1 aromatic heterocycles. The molecule has 2 N–H and O–H groups in total. The van der Waals surface area contributed by atoms with Crippen LogP contribution in [0.25, 0.3) is 0 Å². The Hall–Kier alpha value is -2.64. The van der Waals surface area contributed by atoms with Crippen LogP contribution in [0, 0.1) is 0 Å². The number of furan rings is 1. The molecule has 3 rings (SSSR count). The van der Waals surface area contributed by atoms with Gasteiger partial charge >= 0.3 is 0 Å². The van der Waals surface area contributed by atoms with Crippen LogP contribution in [0.5, 0.6) is 0 Å². The summed E-state index contributed by atoms with van der Waals surface area (Å²) in [5.74, 6) is 0.0559. The van der Waals surface area contributed by atoms with Crippen LogP contribution in [0.3, 0.4) is 0 Å². The molecule has 0 saturated carbocycles. The zero-order valence-electron chi connectivity index (χ0n) is 16.0. The Labute approximate surface area is 164 Å². The highest BCUT2D eigenvalue weighted by Gasteiger charge is 2.20. The van der Waals surface area contributed by atoms with Gasteiger partial charge in [-0.15, -0.1) is 0 Å². The van der Waals surface area contributed by atoms with Crippen molar-refractivity contribution in [3.63, 3.8) is 0 Å². The molecule has 7 heteroatoms. The standard InChI is InChI=1S/C21H26N2O5/c1-15(28-14-17-7-4-5-11-27-17)20(24)23-19-10-3-2-9-18(19)21(25)22-13-16-8-6-12-26-16/h2-3,6,8-10,12,15,17H,4-5,7,11,13-14H2,1H3,(H,22,25)(H,23,24). The van der Waals surface area contributed by atoms with Crippen LogP contribution in [0.4, 0.5) is 5.69 Å². The van der Waals surface area contributed by atoms with E-state index in [1.165, 1.54) is 0 Å². The van der Waals surface area contributed by atoms with E-state index in [0.717, 1.165) is 25.9 Å². The Balaban J connectivity index is 1.54. The summed E-state index contributed by atoms with van der Waals surface area (Å²) >= 11 is 0. The Morgan fingerprint density at radius 2 is 2.07 bits per heavy atom. The topological polar surface area (TPSA) is 89.8 Å². The molecule has 0 radical (unpaired) electrons. The summed E-state index contributed by atoms with van der Waals surface area (Å²) < 4.78 is 16.5. The number of carbonyl (C=O) groups is 2. The van der Waals surface area contributed by atoms with Crippen LogP contribution < -0.4 is 10.6 Å². The van der Waals surface area contributed by atoms with E-state index >= 15 is 0 Å². The molecule has 150 valence electrons. The Bertz CT molecular complexity index is 769. The smallest absolute Gasteiger partial charge is 0.253 e. The highest BCUT2D eigenvalue weighted by Crippen LogP contribution is 2.17. The SMILES string of the molecule is CC(OCC1CCCCO1)C(=O)Nc1ccccc1C(=O)NCc1ccco1. The zero-order valence-corrected chi connectivity index (χ0v) is 16.0. The first-order valence-electron chi connectivity index (χ1n) is 9.57. The van der Waals surface area contributed by atoms with Gasteiger partial charge in [-0.3, -0.25) is 9.59 Å². The van der Waals surface area contributed by atoms with E-state index in [4.69, 9.17) is 13.9 Å². The third-order valence-corrected chi connectivity index (χ3v) is 4.61. The minimum atomic E-state index is -0.648. The molecule has 1 aromatic carbocycles. The van der Waals surface area contributed by atoms with E-state index in [1.807, 2.05) is 0 Å². The number of hydrogen-bond donors (Lipinski definition) is 2. The van der Waals surface area contributed by atoms with Crippen molar-refractivity contribution >= 4 is 17.5 Å². The summed E-state index contributed by atoms with van der Waals surface area (Å²) in [6, 6.07) is 10.4. The Morgan fingerprint density at radius 3 is 2.82 bits per heavy atom. The lowest BCUT2D eigenvalue weighted by molar-refractivity contribution is -0.130. The molecule has 28 heavy (non-hydrogen) atoms. The first-order chi connectivity index (χ1) is 13.6. The number of hydrogen-bond acceptors (Lipinski definition) is 5. The van der Waals surface area contributed by atoms with Gasteiger partial charge in [0.25, 0.3) is 11.8 Å². The van der Waals surface area contributed by atoms with E-state index < -0.39 is 6.10 Å². The number of para-hydroxylation sites is 1. The van der Waals surface area contributed by atoms with Crippen LogP contribution in [0.15, 0.2) is 47.1 Å². The van der Waals surface area contributed by atoms with Gasteiger partial charge in [-0.05, 0) is 50.5 Å². The summed E-state index contributed by atoms with van der Waals surface area (Å²) in [4.78, 5) is 25.0. The number of nitrogens with one attached hydrogen (secondary N) is 2. The number of ether oxygens (including phenoxy) is 2. The van der Waals surface area contributed by atoms with Crippen molar-refractivity contribution in [3.05, 3.63) is 54.0 Å². The average Bonchev–Trinajstić information content (AvgIpc) is 3.25. The second-order valence-corrected chi connectivity index (χ2v) is 6.76. The van der Waals surface area contributed by atoms with E-state index in [2.05, 4.69) is 10.6 Å². The van der Waals surface area contributed by atoms with E-state index in [9.17, 15) is 9.59 Å². The maximum atomic E-state index is 12.5. The maximum Gasteiger partial charge on any atom is 0.253 e. The lowest BCUT2D eigenvalue weighted by Gasteiger charge is -2.24. The molecular formula is C21H26N2O5. The highest BCUT2D eigenvalue weighted by atomic mass is 16.5. The van der Waals surface area contributed by atoms with Gasteiger partial charge in [-0.25, -0.2) is 0 Å². The van der Waals surface area contributed by atoms with Gasteiger partial charge < -0.3 is 24.5 Å².